The Kier molecular flexibility index (Phi) is 6.68. The molecule has 3 rings (SSSR count). The van der Waals surface area contributed by atoms with Crippen LogP contribution in [0.1, 0.15) is 22.3 Å². The Hall–Kier alpha value is -3.11. The van der Waals surface area contributed by atoms with Gasteiger partial charge in [-0.15, -0.1) is 0 Å². The minimum absolute atomic E-state index is 0.111. The molecule has 1 amide bonds. The van der Waals surface area contributed by atoms with Gasteiger partial charge in [-0.3, -0.25) is 9.79 Å². The molecule has 29 heavy (non-hydrogen) atoms. The molecule has 3 aromatic rings. The number of hydrogen-bond donors (Lipinski definition) is 1. The molecule has 0 heterocycles. The van der Waals surface area contributed by atoms with Crippen LogP contribution in [0, 0.1) is 20.8 Å². The molecule has 0 fully saturated rings. The molecule has 0 spiro atoms. The van der Waals surface area contributed by atoms with E-state index in [0.717, 1.165) is 27.9 Å². The average Bonchev–Trinajstić information content (AvgIpc) is 2.70. The lowest BCUT2D eigenvalue weighted by Gasteiger charge is -2.10. The number of halogens is 1. The molecule has 0 aromatic heterocycles. The predicted molar refractivity (Wildman–Crippen MR) is 120 cm³/mol. The molecule has 0 aliphatic heterocycles. The van der Waals surface area contributed by atoms with Crippen LogP contribution >= 0.6 is 11.6 Å². The van der Waals surface area contributed by atoms with E-state index in [9.17, 15) is 4.79 Å². The minimum atomic E-state index is -0.258. The summed E-state index contributed by atoms with van der Waals surface area (Å²) in [5, 5.41) is 3.40. The van der Waals surface area contributed by atoms with Crippen molar-refractivity contribution in [3.05, 3.63) is 87.9 Å². The number of ether oxygens (including phenoxy) is 1. The zero-order chi connectivity index (χ0) is 20.8. The number of rotatable bonds is 6. The summed E-state index contributed by atoms with van der Waals surface area (Å²) in [7, 11) is 0. The number of anilines is 1. The topological polar surface area (TPSA) is 50.7 Å². The molecule has 0 unspecified atom stereocenters. The molecule has 5 heteroatoms. The summed E-state index contributed by atoms with van der Waals surface area (Å²) in [6.45, 7) is 5.86. The maximum Gasteiger partial charge on any atom is 0.262 e. The number of carbonyl (C=O) groups is 1. The summed E-state index contributed by atoms with van der Waals surface area (Å²) in [6.07, 6.45) is 1.76. The summed E-state index contributed by atoms with van der Waals surface area (Å²) in [5.74, 6) is 0.338. The van der Waals surface area contributed by atoms with Gasteiger partial charge in [-0.25, -0.2) is 0 Å². The average molecular weight is 407 g/mol. The van der Waals surface area contributed by atoms with Crippen LogP contribution in [-0.4, -0.2) is 18.7 Å². The molecular formula is C24H23ClN2O2. The molecule has 4 nitrogen and oxygen atoms in total. The normalized spacial score (nSPS) is 10.9. The maximum atomic E-state index is 12.2. The first kappa shape index (κ1) is 20.6. The van der Waals surface area contributed by atoms with Gasteiger partial charge in [0.25, 0.3) is 5.91 Å². The maximum absolute atomic E-state index is 12.2. The quantitative estimate of drug-likeness (QED) is 0.508. The molecular weight excluding hydrogens is 384 g/mol. The number of amides is 1. The molecule has 0 aliphatic carbocycles. The number of hydrogen-bond acceptors (Lipinski definition) is 3. The van der Waals surface area contributed by atoms with E-state index in [1.54, 1.807) is 12.3 Å². The largest absolute Gasteiger partial charge is 0.483 e. The van der Waals surface area contributed by atoms with Crippen LogP contribution < -0.4 is 10.1 Å². The van der Waals surface area contributed by atoms with E-state index < -0.39 is 0 Å². The Morgan fingerprint density at radius 2 is 1.79 bits per heavy atom. The summed E-state index contributed by atoms with van der Waals surface area (Å²) in [6, 6.07) is 19.0. The number of nitrogens with zero attached hydrogens (tertiary/aromatic N) is 1. The van der Waals surface area contributed by atoms with E-state index in [1.807, 2.05) is 69.3 Å². The van der Waals surface area contributed by atoms with Crippen molar-refractivity contribution in [1.82, 2.24) is 0 Å². The smallest absolute Gasteiger partial charge is 0.262 e. The van der Waals surface area contributed by atoms with Gasteiger partial charge in [-0.05, 0) is 67.8 Å². The summed E-state index contributed by atoms with van der Waals surface area (Å²) < 4.78 is 5.73. The van der Waals surface area contributed by atoms with Gasteiger partial charge < -0.3 is 10.1 Å². The minimum Gasteiger partial charge on any atom is -0.483 e. The Balaban J connectivity index is 1.67. The number of para-hydroxylation sites is 1. The third kappa shape index (κ3) is 5.69. The number of carbonyl (C=O) groups excluding carboxylic acids is 1. The molecule has 0 saturated carbocycles. The van der Waals surface area contributed by atoms with Gasteiger partial charge in [0.2, 0.25) is 0 Å². The van der Waals surface area contributed by atoms with Crippen LogP contribution in [0.2, 0.25) is 5.02 Å². The van der Waals surface area contributed by atoms with E-state index in [0.29, 0.717) is 16.5 Å². The van der Waals surface area contributed by atoms with Crippen molar-refractivity contribution in [2.24, 2.45) is 4.99 Å². The first-order valence-corrected chi connectivity index (χ1v) is 9.69. The third-order valence-corrected chi connectivity index (χ3v) is 4.85. The SMILES string of the molecule is Cc1ccc(C)c(N=Cc2ccccc2OCC(=O)Nc2ccc(C)c(Cl)c2)c1. The Morgan fingerprint density at radius 3 is 2.59 bits per heavy atom. The van der Waals surface area contributed by atoms with Crippen molar-refractivity contribution in [1.29, 1.82) is 0 Å². The van der Waals surface area contributed by atoms with E-state index >= 15 is 0 Å². The highest BCUT2D eigenvalue weighted by molar-refractivity contribution is 6.31. The number of benzene rings is 3. The van der Waals surface area contributed by atoms with Gasteiger partial charge >= 0.3 is 0 Å². The monoisotopic (exact) mass is 406 g/mol. The zero-order valence-electron chi connectivity index (χ0n) is 16.7. The van der Waals surface area contributed by atoms with Gasteiger partial charge in [0.15, 0.2) is 6.61 Å². The zero-order valence-corrected chi connectivity index (χ0v) is 17.5. The molecule has 0 atom stereocenters. The lowest BCUT2D eigenvalue weighted by molar-refractivity contribution is -0.118. The second kappa shape index (κ2) is 9.39. The van der Waals surface area contributed by atoms with Crippen molar-refractivity contribution >= 4 is 35.1 Å². The third-order valence-electron chi connectivity index (χ3n) is 4.44. The molecule has 148 valence electrons. The fraction of sp³-hybridized carbons (Fsp3) is 0.167. The number of aliphatic imine (C=N–C) groups is 1. The van der Waals surface area contributed by atoms with Gasteiger partial charge in [0.1, 0.15) is 5.75 Å². The number of nitrogens with one attached hydrogen (secondary N) is 1. The van der Waals surface area contributed by atoms with Crippen molar-refractivity contribution in [2.75, 3.05) is 11.9 Å². The molecule has 0 saturated heterocycles. The summed E-state index contributed by atoms with van der Waals surface area (Å²) >= 11 is 6.10. The first-order valence-electron chi connectivity index (χ1n) is 9.31. The van der Waals surface area contributed by atoms with Crippen molar-refractivity contribution in [2.45, 2.75) is 20.8 Å². The van der Waals surface area contributed by atoms with Gasteiger partial charge in [-0.1, -0.05) is 41.9 Å². The van der Waals surface area contributed by atoms with Gasteiger partial charge in [0, 0.05) is 22.5 Å². The van der Waals surface area contributed by atoms with Crippen molar-refractivity contribution in [3.8, 4) is 5.75 Å². The highest BCUT2D eigenvalue weighted by Gasteiger charge is 2.07. The van der Waals surface area contributed by atoms with Crippen molar-refractivity contribution < 1.29 is 9.53 Å². The van der Waals surface area contributed by atoms with Crippen LogP contribution in [0.3, 0.4) is 0 Å². The highest BCUT2D eigenvalue weighted by atomic mass is 35.5. The van der Waals surface area contributed by atoms with E-state index in [-0.39, 0.29) is 12.5 Å². The molecule has 3 aromatic carbocycles. The first-order chi connectivity index (χ1) is 13.9. The Labute approximate surface area is 176 Å². The summed E-state index contributed by atoms with van der Waals surface area (Å²) in [4.78, 5) is 16.8. The fourth-order valence-electron chi connectivity index (χ4n) is 2.73. The van der Waals surface area contributed by atoms with E-state index in [1.165, 1.54) is 0 Å². The van der Waals surface area contributed by atoms with Gasteiger partial charge in [0.05, 0.1) is 5.69 Å². The van der Waals surface area contributed by atoms with Crippen LogP contribution in [0.4, 0.5) is 11.4 Å². The van der Waals surface area contributed by atoms with Crippen molar-refractivity contribution in [3.63, 3.8) is 0 Å². The van der Waals surface area contributed by atoms with Crippen LogP contribution in [0.5, 0.6) is 5.75 Å². The second-order valence-corrected chi connectivity index (χ2v) is 7.29. The molecule has 0 bridgehead atoms. The Bertz CT molecular complexity index is 1060. The standard InChI is InChI=1S/C24H23ClN2O2/c1-16-8-9-18(3)22(12-16)26-14-19-6-4-5-7-23(19)29-15-24(28)27-20-11-10-17(2)21(25)13-20/h4-14H,15H2,1-3H3,(H,27,28). The van der Waals surface area contributed by atoms with E-state index in [4.69, 9.17) is 16.3 Å². The number of aryl methyl sites for hydroxylation is 3. The molecule has 0 radical (unpaired) electrons. The second-order valence-electron chi connectivity index (χ2n) is 6.89. The van der Waals surface area contributed by atoms with Crippen LogP contribution in [0.25, 0.3) is 0 Å². The summed E-state index contributed by atoms with van der Waals surface area (Å²) in [5.41, 5.74) is 5.56. The van der Waals surface area contributed by atoms with Crippen LogP contribution in [-0.2, 0) is 4.79 Å². The lowest BCUT2D eigenvalue weighted by Crippen LogP contribution is -2.20. The van der Waals surface area contributed by atoms with Gasteiger partial charge in [-0.2, -0.15) is 0 Å². The highest BCUT2D eigenvalue weighted by Crippen LogP contribution is 2.22. The predicted octanol–water partition coefficient (Wildman–Crippen LogP) is 6.03. The Morgan fingerprint density at radius 1 is 1.03 bits per heavy atom. The molecule has 1 N–H and O–H groups in total. The van der Waals surface area contributed by atoms with Crippen LogP contribution in [0.15, 0.2) is 65.7 Å². The fourth-order valence-corrected chi connectivity index (χ4v) is 2.91. The van der Waals surface area contributed by atoms with E-state index in [2.05, 4.69) is 16.4 Å². The lowest BCUT2D eigenvalue weighted by atomic mass is 10.1. The molecule has 0 aliphatic rings.